The average Bonchev–Trinajstić information content (AvgIpc) is 2.83. The van der Waals surface area contributed by atoms with Crippen LogP contribution in [0.25, 0.3) is 0 Å². The molecule has 19 heavy (non-hydrogen) atoms. The van der Waals surface area contributed by atoms with Crippen molar-refractivity contribution in [2.75, 3.05) is 0 Å². The van der Waals surface area contributed by atoms with Gasteiger partial charge in [-0.25, -0.2) is 9.18 Å². The van der Waals surface area contributed by atoms with E-state index in [-0.39, 0.29) is 6.61 Å². The van der Waals surface area contributed by atoms with Crippen LogP contribution in [-0.2, 0) is 23.2 Å². The van der Waals surface area contributed by atoms with Crippen molar-refractivity contribution in [3.8, 4) is 0 Å². The van der Waals surface area contributed by atoms with E-state index in [0.717, 1.165) is 0 Å². The SMILES string of the molecule is Cn1cc(C(N)C(=O)OCc2ccccc2F)cn1. The van der Waals surface area contributed by atoms with Crippen LogP contribution in [0.2, 0.25) is 0 Å². The Morgan fingerprint density at radius 1 is 1.53 bits per heavy atom. The first-order chi connectivity index (χ1) is 9.08. The number of carbonyl (C=O) groups excluding carboxylic acids is 1. The van der Waals surface area contributed by atoms with Gasteiger partial charge in [-0.2, -0.15) is 5.10 Å². The van der Waals surface area contributed by atoms with E-state index < -0.39 is 17.8 Å². The lowest BCUT2D eigenvalue weighted by atomic mass is 10.2. The number of hydrogen-bond acceptors (Lipinski definition) is 4. The molecule has 1 aromatic carbocycles. The molecule has 0 bridgehead atoms. The lowest BCUT2D eigenvalue weighted by Crippen LogP contribution is -2.23. The maximum atomic E-state index is 13.3. The number of halogens is 1. The van der Waals surface area contributed by atoms with Crippen LogP contribution in [0, 0.1) is 5.82 Å². The molecule has 1 atom stereocenters. The molecule has 5 nitrogen and oxygen atoms in total. The van der Waals surface area contributed by atoms with Crippen LogP contribution >= 0.6 is 0 Å². The molecule has 2 N–H and O–H groups in total. The van der Waals surface area contributed by atoms with Gasteiger partial charge in [0.2, 0.25) is 0 Å². The van der Waals surface area contributed by atoms with E-state index in [2.05, 4.69) is 5.10 Å². The topological polar surface area (TPSA) is 70.1 Å². The molecule has 0 aliphatic rings. The van der Waals surface area contributed by atoms with Crippen LogP contribution in [0.4, 0.5) is 4.39 Å². The summed E-state index contributed by atoms with van der Waals surface area (Å²) < 4.78 is 19.9. The molecule has 0 saturated heterocycles. The van der Waals surface area contributed by atoms with E-state index in [1.54, 1.807) is 36.1 Å². The number of nitrogens with zero attached hydrogens (tertiary/aromatic N) is 2. The normalized spacial score (nSPS) is 12.2. The van der Waals surface area contributed by atoms with Crippen molar-refractivity contribution in [2.24, 2.45) is 12.8 Å². The van der Waals surface area contributed by atoms with E-state index in [4.69, 9.17) is 10.5 Å². The predicted octanol–water partition coefficient (Wildman–Crippen LogP) is 1.30. The Labute approximate surface area is 109 Å². The third-order valence-electron chi connectivity index (χ3n) is 2.67. The van der Waals surface area contributed by atoms with Crippen LogP contribution < -0.4 is 5.73 Å². The molecule has 0 aliphatic carbocycles. The molecule has 0 aliphatic heterocycles. The van der Waals surface area contributed by atoms with Crippen molar-refractivity contribution in [1.29, 1.82) is 0 Å². The minimum absolute atomic E-state index is 0.139. The van der Waals surface area contributed by atoms with Gasteiger partial charge in [-0.3, -0.25) is 4.68 Å². The van der Waals surface area contributed by atoms with Crippen molar-refractivity contribution in [2.45, 2.75) is 12.6 Å². The van der Waals surface area contributed by atoms with Gasteiger partial charge < -0.3 is 10.5 Å². The molecule has 2 aromatic rings. The number of aryl methyl sites for hydroxylation is 1. The highest BCUT2D eigenvalue weighted by Gasteiger charge is 2.19. The van der Waals surface area contributed by atoms with Crippen LogP contribution in [-0.4, -0.2) is 15.7 Å². The van der Waals surface area contributed by atoms with E-state index in [0.29, 0.717) is 11.1 Å². The van der Waals surface area contributed by atoms with E-state index in [1.807, 2.05) is 0 Å². The van der Waals surface area contributed by atoms with Crippen molar-refractivity contribution in [1.82, 2.24) is 9.78 Å². The summed E-state index contributed by atoms with van der Waals surface area (Å²) in [7, 11) is 1.72. The quantitative estimate of drug-likeness (QED) is 0.844. The zero-order chi connectivity index (χ0) is 13.8. The summed E-state index contributed by atoms with van der Waals surface area (Å²) in [6.07, 6.45) is 3.13. The van der Waals surface area contributed by atoms with Crippen LogP contribution in [0.3, 0.4) is 0 Å². The molecule has 0 spiro atoms. The zero-order valence-corrected chi connectivity index (χ0v) is 10.4. The zero-order valence-electron chi connectivity index (χ0n) is 10.4. The highest BCUT2D eigenvalue weighted by molar-refractivity contribution is 5.77. The monoisotopic (exact) mass is 263 g/mol. The Morgan fingerprint density at radius 2 is 2.26 bits per heavy atom. The standard InChI is InChI=1S/C13H14FN3O2/c1-17-7-10(6-16-17)12(15)13(18)19-8-9-4-2-3-5-11(9)14/h2-7,12H,8,15H2,1H3. The first kappa shape index (κ1) is 13.2. The Bertz CT molecular complexity index is 583. The van der Waals surface area contributed by atoms with Crippen LogP contribution in [0.15, 0.2) is 36.7 Å². The molecule has 2 rings (SSSR count). The fraction of sp³-hybridized carbons (Fsp3) is 0.231. The summed E-state index contributed by atoms with van der Waals surface area (Å²) in [4.78, 5) is 11.7. The highest BCUT2D eigenvalue weighted by Crippen LogP contribution is 2.13. The molecule has 1 unspecified atom stereocenters. The number of rotatable bonds is 4. The smallest absolute Gasteiger partial charge is 0.328 e. The van der Waals surface area contributed by atoms with Gasteiger partial charge in [-0.15, -0.1) is 0 Å². The molecule has 6 heteroatoms. The maximum absolute atomic E-state index is 13.3. The van der Waals surface area contributed by atoms with Gasteiger partial charge in [0.15, 0.2) is 0 Å². The summed E-state index contributed by atoms with van der Waals surface area (Å²) in [6, 6.07) is 5.19. The number of carbonyl (C=O) groups is 1. The van der Waals surface area contributed by atoms with E-state index in [1.165, 1.54) is 12.3 Å². The number of esters is 1. The molecular formula is C13H14FN3O2. The molecule has 1 heterocycles. The fourth-order valence-corrected chi connectivity index (χ4v) is 1.59. The van der Waals surface area contributed by atoms with Gasteiger partial charge in [0.25, 0.3) is 0 Å². The fourth-order valence-electron chi connectivity index (χ4n) is 1.59. The molecular weight excluding hydrogens is 249 g/mol. The molecule has 0 fully saturated rings. The van der Waals surface area contributed by atoms with E-state index >= 15 is 0 Å². The lowest BCUT2D eigenvalue weighted by molar-refractivity contribution is -0.146. The van der Waals surface area contributed by atoms with Crippen molar-refractivity contribution >= 4 is 5.97 Å². The van der Waals surface area contributed by atoms with Gasteiger partial charge in [0, 0.05) is 24.4 Å². The van der Waals surface area contributed by atoms with Gasteiger partial charge >= 0.3 is 5.97 Å². The minimum atomic E-state index is -0.916. The molecule has 100 valence electrons. The summed E-state index contributed by atoms with van der Waals surface area (Å²) in [6.45, 7) is -0.139. The van der Waals surface area contributed by atoms with Gasteiger partial charge in [0.1, 0.15) is 18.5 Å². The number of aromatic nitrogens is 2. The third-order valence-corrected chi connectivity index (χ3v) is 2.67. The first-order valence-corrected chi connectivity index (χ1v) is 5.72. The lowest BCUT2D eigenvalue weighted by Gasteiger charge is -2.10. The average molecular weight is 263 g/mol. The van der Waals surface area contributed by atoms with E-state index in [9.17, 15) is 9.18 Å². The minimum Gasteiger partial charge on any atom is -0.459 e. The Balaban J connectivity index is 1.96. The number of ether oxygens (including phenoxy) is 1. The number of benzene rings is 1. The number of hydrogen-bond donors (Lipinski definition) is 1. The second-order valence-corrected chi connectivity index (χ2v) is 4.12. The van der Waals surface area contributed by atoms with Gasteiger partial charge in [0.05, 0.1) is 6.20 Å². The summed E-state index contributed by atoms with van der Waals surface area (Å²) in [5.41, 5.74) is 6.60. The summed E-state index contributed by atoms with van der Waals surface area (Å²) in [5, 5.41) is 3.92. The Hall–Kier alpha value is -2.21. The third kappa shape index (κ3) is 3.17. The van der Waals surface area contributed by atoms with Crippen molar-refractivity contribution in [3.63, 3.8) is 0 Å². The largest absolute Gasteiger partial charge is 0.459 e. The Morgan fingerprint density at radius 3 is 2.89 bits per heavy atom. The molecule has 0 saturated carbocycles. The summed E-state index contributed by atoms with van der Waals surface area (Å²) >= 11 is 0. The van der Waals surface area contributed by atoms with Crippen molar-refractivity contribution < 1.29 is 13.9 Å². The second kappa shape index (κ2) is 5.62. The second-order valence-electron chi connectivity index (χ2n) is 4.12. The first-order valence-electron chi connectivity index (χ1n) is 5.72. The molecule has 1 aromatic heterocycles. The maximum Gasteiger partial charge on any atom is 0.328 e. The van der Waals surface area contributed by atoms with Gasteiger partial charge in [-0.05, 0) is 6.07 Å². The predicted molar refractivity (Wildman–Crippen MR) is 66.3 cm³/mol. The molecule has 0 radical (unpaired) electrons. The number of nitrogens with two attached hydrogens (primary N) is 1. The van der Waals surface area contributed by atoms with Crippen molar-refractivity contribution in [3.05, 3.63) is 53.6 Å². The molecule has 0 amide bonds. The van der Waals surface area contributed by atoms with Crippen LogP contribution in [0.5, 0.6) is 0 Å². The Kier molecular flexibility index (Phi) is 3.91. The highest BCUT2D eigenvalue weighted by atomic mass is 19.1. The summed E-state index contributed by atoms with van der Waals surface area (Å²) in [5.74, 6) is -1.03. The van der Waals surface area contributed by atoms with Crippen LogP contribution in [0.1, 0.15) is 17.2 Å². The van der Waals surface area contributed by atoms with Gasteiger partial charge in [-0.1, -0.05) is 18.2 Å².